The molecule has 1 saturated heterocycles. The minimum Gasteiger partial charge on any atom is -0.393 e. The monoisotopic (exact) mass is 296 g/mol. The van der Waals surface area contributed by atoms with E-state index < -0.39 is 0 Å². The molecule has 0 saturated carbocycles. The highest BCUT2D eigenvalue weighted by molar-refractivity contribution is 7.10. The molecule has 1 unspecified atom stereocenters. The van der Waals surface area contributed by atoms with E-state index in [1.165, 1.54) is 18.3 Å². The van der Waals surface area contributed by atoms with Gasteiger partial charge < -0.3 is 15.3 Å². The van der Waals surface area contributed by atoms with Crippen LogP contribution < -0.4 is 5.32 Å². The summed E-state index contributed by atoms with van der Waals surface area (Å²) in [7, 11) is 0. The molecular weight excluding hydrogens is 276 g/mol. The first-order valence-electron chi connectivity index (χ1n) is 6.82. The van der Waals surface area contributed by atoms with E-state index in [2.05, 4.69) is 5.32 Å². The molecule has 5 nitrogen and oxygen atoms in total. The lowest BCUT2D eigenvalue weighted by Gasteiger charge is -2.30. The van der Waals surface area contributed by atoms with Crippen LogP contribution in [0.4, 0.5) is 0 Å². The van der Waals surface area contributed by atoms with E-state index >= 15 is 0 Å². The van der Waals surface area contributed by atoms with Crippen LogP contribution in [-0.2, 0) is 9.59 Å². The summed E-state index contributed by atoms with van der Waals surface area (Å²) in [6, 6.07) is 3.58. The molecule has 0 bridgehead atoms. The van der Waals surface area contributed by atoms with Crippen LogP contribution in [0.1, 0.15) is 37.1 Å². The number of nitrogens with zero attached hydrogens (tertiary/aromatic N) is 1. The SMILES string of the molecule is CC(=O)NC(CC(=O)N1CCC(O)CC1)c1cccs1. The molecule has 1 aromatic rings. The normalized spacial score (nSPS) is 17.8. The van der Waals surface area contributed by atoms with Gasteiger partial charge in [-0.15, -0.1) is 11.3 Å². The zero-order valence-electron chi connectivity index (χ0n) is 11.5. The summed E-state index contributed by atoms with van der Waals surface area (Å²) < 4.78 is 0. The topological polar surface area (TPSA) is 69.6 Å². The van der Waals surface area contributed by atoms with Crippen LogP contribution in [0, 0.1) is 0 Å². The fraction of sp³-hybridized carbons (Fsp3) is 0.571. The number of nitrogens with one attached hydrogen (secondary N) is 1. The van der Waals surface area contributed by atoms with Crippen LogP contribution in [0.25, 0.3) is 0 Å². The van der Waals surface area contributed by atoms with Gasteiger partial charge in [-0.3, -0.25) is 9.59 Å². The molecule has 2 heterocycles. The van der Waals surface area contributed by atoms with Gasteiger partial charge in [0.25, 0.3) is 0 Å². The summed E-state index contributed by atoms with van der Waals surface area (Å²) in [5.41, 5.74) is 0. The number of carbonyl (C=O) groups excluding carboxylic acids is 2. The zero-order chi connectivity index (χ0) is 14.5. The number of rotatable bonds is 4. The molecule has 0 radical (unpaired) electrons. The van der Waals surface area contributed by atoms with Crippen molar-refractivity contribution in [3.8, 4) is 0 Å². The summed E-state index contributed by atoms with van der Waals surface area (Å²) in [4.78, 5) is 26.3. The van der Waals surface area contributed by atoms with Crippen molar-refractivity contribution >= 4 is 23.2 Å². The third kappa shape index (κ3) is 4.05. The lowest BCUT2D eigenvalue weighted by Crippen LogP contribution is -2.41. The van der Waals surface area contributed by atoms with Crippen molar-refractivity contribution in [1.82, 2.24) is 10.2 Å². The van der Waals surface area contributed by atoms with Crippen LogP contribution in [0.2, 0.25) is 0 Å². The van der Waals surface area contributed by atoms with Crippen LogP contribution in [0.15, 0.2) is 17.5 Å². The number of carbonyl (C=O) groups is 2. The summed E-state index contributed by atoms with van der Waals surface area (Å²) in [5, 5.41) is 14.2. The van der Waals surface area contributed by atoms with Gasteiger partial charge in [0.1, 0.15) is 0 Å². The third-order valence-electron chi connectivity index (χ3n) is 3.46. The summed E-state index contributed by atoms with van der Waals surface area (Å²) in [6.45, 7) is 2.65. The molecule has 110 valence electrons. The number of aliphatic hydroxyl groups excluding tert-OH is 1. The highest BCUT2D eigenvalue weighted by atomic mass is 32.1. The van der Waals surface area contributed by atoms with E-state index in [0.717, 1.165) is 4.88 Å². The number of hydrogen-bond acceptors (Lipinski definition) is 4. The van der Waals surface area contributed by atoms with Crippen LogP contribution in [0.3, 0.4) is 0 Å². The third-order valence-corrected chi connectivity index (χ3v) is 4.45. The predicted octanol–water partition coefficient (Wildman–Crippen LogP) is 1.30. The summed E-state index contributed by atoms with van der Waals surface area (Å²) in [5.74, 6) is -0.102. The fourth-order valence-corrected chi connectivity index (χ4v) is 3.15. The molecule has 1 atom stereocenters. The van der Waals surface area contributed by atoms with Gasteiger partial charge in [0.05, 0.1) is 18.6 Å². The Kier molecular flexibility index (Phi) is 5.14. The van der Waals surface area contributed by atoms with Crippen molar-refractivity contribution in [1.29, 1.82) is 0 Å². The predicted molar refractivity (Wildman–Crippen MR) is 77.3 cm³/mol. The van der Waals surface area contributed by atoms with Gasteiger partial charge in [0, 0.05) is 24.9 Å². The molecule has 2 rings (SSSR count). The van der Waals surface area contributed by atoms with E-state index in [4.69, 9.17) is 0 Å². The average Bonchev–Trinajstić information content (AvgIpc) is 2.92. The Bertz CT molecular complexity index is 453. The lowest BCUT2D eigenvalue weighted by atomic mass is 10.1. The molecule has 1 fully saturated rings. The Morgan fingerprint density at radius 1 is 1.50 bits per heavy atom. The fourth-order valence-electron chi connectivity index (χ4n) is 2.38. The Hall–Kier alpha value is -1.40. The largest absolute Gasteiger partial charge is 0.393 e. The quantitative estimate of drug-likeness (QED) is 0.880. The average molecular weight is 296 g/mol. The van der Waals surface area contributed by atoms with E-state index in [1.807, 2.05) is 17.5 Å². The molecule has 0 aliphatic carbocycles. The smallest absolute Gasteiger partial charge is 0.225 e. The molecule has 2 N–H and O–H groups in total. The lowest BCUT2D eigenvalue weighted by molar-refractivity contribution is -0.133. The van der Waals surface area contributed by atoms with Crippen molar-refractivity contribution in [2.75, 3.05) is 13.1 Å². The number of likely N-dealkylation sites (tertiary alicyclic amines) is 1. The van der Waals surface area contributed by atoms with Crippen LogP contribution in [-0.4, -0.2) is 41.0 Å². The number of amides is 2. The second-order valence-corrected chi connectivity index (χ2v) is 6.06. The highest BCUT2D eigenvalue weighted by Gasteiger charge is 2.25. The molecule has 20 heavy (non-hydrogen) atoms. The number of aliphatic hydroxyl groups is 1. The van der Waals surface area contributed by atoms with E-state index in [9.17, 15) is 14.7 Å². The molecule has 2 amide bonds. The molecule has 1 aliphatic heterocycles. The van der Waals surface area contributed by atoms with Gasteiger partial charge in [-0.25, -0.2) is 0 Å². The number of piperidine rings is 1. The second kappa shape index (κ2) is 6.85. The standard InChI is InChI=1S/C14H20N2O3S/c1-10(17)15-12(13-3-2-8-20-13)9-14(19)16-6-4-11(18)5-7-16/h2-3,8,11-12,18H,4-7,9H2,1H3,(H,15,17). The minimum atomic E-state index is -0.289. The van der Waals surface area contributed by atoms with Crippen molar-refractivity contribution in [3.05, 3.63) is 22.4 Å². The highest BCUT2D eigenvalue weighted by Crippen LogP contribution is 2.23. The second-order valence-electron chi connectivity index (χ2n) is 5.08. The molecular formula is C14H20N2O3S. The van der Waals surface area contributed by atoms with Gasteiger partial charge in [-0.1, -0.05) is 6.07 Å². The number of hydrogen-bond donors (Lipinski definition) is 2. The van der Waals surface area contributed by atoms with Gasteiger partial charge in [0.2, 0.25) is 11.8 Å². The van der Waals surface area contributed by atoms with Crippen LogP contribution >= 0.6 is 11.3 Å². The van der Waals surface area contributed by atoms with E-state index in [-0.39, 0.29) is 30.4 Å². The summed E-state index contributed by atoms with van der Waals surface area (Å²) in [6.07, 6.45) is 1.25. The first kappa shape index (κ1) is 15.0. The molecule has 6 heteroatoms. The Labute approximate surface area is 122 Å². The molecule has 0 aromatic carbocycles. The van der Waals surface area contributed by atoms with Crippen molar-refractivity contribution in [3.63, 3.8) is 0 Å². The van der Waals surface area contributed by atoms with Crippen molar-refractivity contribution < 1.29 is 14.7 Å². The molecule has 1 aliphatic rings. The van der Waals surface area contributed by atoms with Crippen molar-refractivity contribution in [2.24, 2.45) is 0 Å². The molecule has 1 aromatic heterocycles. The van der Waals surface area contributed by atoms with Gasteiger partial charge >= 0.3 is 0 Å². The first-order valence-corrected chi connectivity index (χ1v) is 7.70. The summed E-state index contributed by atoms with van der Waals surface area (Å²) >= 11 is 1.54. The first-order chi connectivity index (χ1) is 9.56. The Morgan fingerprint density at radius 2 is 2.20 bits per heavy atom. The number of thiophene rings is 1. The van der Waals surface area contributed by atoms with Crippen molar-refractivity contribution in [2.45, 2.75) is 38.3 Å². The molecule has 0 spiro atoms. The van der Waals surface area contributed by atoms with E-state index in [0.29, 0.717) is 25.9 Å². The van der Waals surface area contributed by atoms with Gasteiger partial charge in [-0.2, -0.15) is 0 Å². The maximum atomic E-state index is 12.3. The maximum absolute atomic E-state index is 12.3. The van der Waals surface area contributed by atoms with Crippen LogP contribution in [0.5, 0.6) is 0 Å². The van der Waals surface area contributed by atoms with Gasteiger partial charge in [0.15, 0.2) is 0 Å². The Morgan fingerprint density at radius 3 is 2.75 bits per heavy atom. The zero-order valence-corrected chi connectivity index (χ0v) is 12.4. The Balaban J connectivity index is 1.97. The van der Waals surface area contributed by atoms with E-state index in [1.54, 1.807) is 4.90 Å². The maximum Gasteiger partial charge on any atom is 0.225 e. The van der Waals surface area contributed by atoms with Gasteiger partial charge in [-0.05, 0) is 24.3 Å². The minimum absolute atomic E-state index is 0.0315.